The maximum Gasteiger partial charge on any atom is 0.235 e. The van der Waals surface area contributed by atoms with E-state index in [0.717, 1.165) is 34.3 Å². The Morgan fingerprint density at radius 3 is 2.93 bits per heavy atom. The molecule has 0 spiro atoms. The van der Waals surface area contributed by atoms with E-state index < -0.39 is 0 Å². The molecule has 4 rings (SSSR count). The van der Waals surface area contributed by atoms with E-state index in [1.165, 1.54) is 33.5 Å². The van der Waals surface area contributed by atoms with E-state index in [9.17, 15) is 10.1 Å². The first-order chi connectivity index (χ1) is 14.6. The molecule has 30 heavy (non-hydrogen) atoms. The van der Waals surface area contributed by atoms with Gasteiger partial charge in [-0.25, -0.2) is 0 Å². The highest BCUT2D eigenvalue weighted by Gasteiger charge is 2.24. The fourth-order valence-electron chi connectivity index (χ4n) is 3.36. The molecule has 9 heteroatoms. The van der Waals surface area contributed by atoms with Crippen molar-refractivity contribution in [3.8, 4) is 6.07 Å². The summed E-state index contributed by atoms with van der Waals surface area (Å²) in [5.41, 5.74) is 2.94. The topological polar surface area (TPSA) is 90.7 Å². The van der Waals surface area contributed by atoms with Crippen LogP contribution in [0, 0.1) is 17.2 Å². The molecule has 0 aliphatic heterocycles. The molecule has 1 aliphatic carbocycles. The largest absolute Gasteiger partial charge is 0.356 e. The van der Waals surface area contributed by atoms with Gasteiger partial charge in [0.15, 0.2) is 4.34 Å². The van der Waals surface area contributed by atoms with Crippen LogP contribution < -0.4 is 10.6 Å². The van der Waals surface area contributed by atoms with Gasteiger partial charge in [0.2, 0.25) is 11.0 Å². The molecule has 0 fully saturated rings. The summed E-state index contributed by atoms with van der Waals surface area (Å²) in [6.07, 6.45) is 3.01. The highest BCUT2D eigenvalue weighted by molar-refractivity contribution is 8.01. The number of nitriles is 1. The highest BCUT2D eigenvalue weighted by Crippen LogP contribution is 2.39. The zero-order valence-corrected chi connectivity index (χ0v) is 18.9. The second-order valence-electron chi connectivity index (χ2n) is 7.22. The standard InChI is InChI=1S/C21H21N5OS3/c1-13-7-8-15-16(10-22)19(29-17(15)9-13)24-18(27)12-28-21-26-25-20(30-21)23-11-14-5-3-2-4-6-14/h2-6,13H,7-9,11-12H2,1H3,(H,23,25)(H,24,27). The summed E-state index contributed by atoms with van der Waals surface area (Å²) in [5, 5.41) is 25.4. The van der Waals surface area contributed by atoms with Crippen molar-refractivity contribution in [3.05, 3.63) is 51.9 Å². The quantitative estimate of drug-likeness (QED) is 0.491. The summed E-state index contributed by atoms with van der Waals surface area (Å²) >= 11 is 4.33. The lowest BCUT2D eigenvalue weighted by atomic mass is 9.89. The van der Waals surface area contributed by atoms with E-state index in [4.69, 9.17) is 0 Å². The number of anilines is 2. The molecule has 1 aromatic carbocycles. The molecule has 0 saturated carbocycles. The predicted molar refractivity (Wildman–Crippen MR) is 123 cm³/mol. The molecule has 0 radical (unpaired) electrons. The molecule has 154 valence electrons. The number of rotatable bonds is 7. The summed E-state index contributed by atoms with van der Waals surface area (Å²) in [5.74, 6) is 0.734. The molecule has 1 atom stereocenters. The van der Waals surface area contributed by atoms with Crippen LogP contribution in [0.2, 0.25) is 0 Å². The molecule has 2 aromatic heterocycles. The highest BCUT2D eigenvalue weighted by atomic mass is 32.2. The summed E-state index contributed by atoms with van der Waals surface area (Å²) in [6.45, 7) is 2.91. The van der Waals surface area contributed by atoms with Crippen LogP contribution in [-0.4, -0.2) is 21.9 Å². The summed E-state index contributed by atoms with van der Waals surface area (Å²) in [6, 6.07) is 12.4. The maximum atomic E-state index is 12.5. The normalized spacial score (nSPS) is 15.3. The number of fused-ring (bicyclic) bond motifs is 1. The molecule has 3 aromatic rings. The van der Waals surface area contributed by atoms with Gasteiger partial charge in [-0.05, 0) is 36.3 Å². The van der Waals surface area contributed by atoms with Gasteiger partial charge in [0.1, 0.15) is 11.1 Å². The Kier molecular flexibility index (Phi) is 6.67. The minimum atomic E-state index is -0.128. The molecule has 1 unspecified atom stereocenters. The van der Waals surface area contributed by atoms with Gasteiger partial charge in [0.25, 0.3) is 0 Å². The summed E-state index contributed by atoms with van der Waals surface area (Å²) < 4.78 is 0.737. The van der Waals surface area contributed by atoms with Crippen LogP contribution in [0.4, 0.5) is 10.1 Å². The number of thiophene rings is 1. The number of thioether (sulfide) groups is 1. The molecule has 2 N–H and O–H groups in total. The van der Waals surface area contributed by atoms with E-state index in [1.807, 2.05) is 30.3 Å². The van der Waals surface area contributed by atoms with Crippen LogP contribution >= 0.6 is 34.4 Å². The molecule has 0 saturated heterocycles. The Morgan fingerprint density at radius 2 is 2.13 bits per heavy atom. The third-order valence-corrected chi connectivity index (χ3v) is 8.08. The average molecular weight is 456 g/mol. The first-order valence-electron chi connectivity index (χ1n) is 9.71. The fourth-order valence-corrected chi connectivity index (χ4v) is 6.29. The zero-order chi connectivity index (χ0) is 20.9. The van der Waals surface area contributed by atoms with Gasteiger partial charge in [-0.2, -0.15) is 5.26 Å². The van der Waals surface area contributed by atoms with E-state index in [1.54, 1.807) is 11.3 Å². The van der Waals surface area contributed by atoms with Crippen LogP contribution in [0.15, 0.2) is 34.7 Å². The van der Waals surface area contributed by atoms with Gasteiger partial charge in [0.05, 0.1) is 11.3 Å². The van der Waals surface area contributed by atoms with Crippen LogP contribution in [0.3, 0.4) is 0 Å². The number of amides is 1. The molecular formula is C21H21N5OS3. The van der Waals surface area contributed by atoms with Crippen molar-refractivity contribution in [2.45, 2.75) is 37.1 Å². The number of hydrogen-bond donors (Lipinski definition) is 2. The number of hydrogen-bond acceptors (Lipinski definition) is 8. The Hall–Kier alpha value is -2.41. The molecule has 2 heterocycles. The third kappa shape index (κ3) is 5.01. The molecule has 0 bridgehead atoms. The number of benzene rings is 1. The maximum absolute atomic E-state index is 12.5. The van der Waals surface area contributed by atoms with E-state index >= 15 is 0 Å². The minimum Gasteiger partial charge on any atom is -0.356 e. The summed E-state index contributed by atoms with van der Waals surface area (Å²) in [7, 11) is 0. The molecular weight excluding hydrogens is 434 g/mol. The van der Waals surface area contributed by atoms with Gasteiger partial charge in [-0.1, -0.05) is 60.4 Å². The minimum absolute atomic E-state index is 0.128. The lowest BCUT2D eigenvalue weighted by Crippen LogP contribution is -2.14. The van der Waals surface area contributed by atoms with E-state index in [-0.39, 0.29) is 11.7 Å². The average Bonchev–Trinajstić information content (AvgIpc) is 3.34. The number of nitrogens with zero attached hydrogens (tertiary/aromatic N) is 3. The second-order valence-corrected chi connectivity index (χ2v) is 10.5. The number of aromatic nitrogens is 2. The van der Waals surface area contributed by atoms with Gasteiger partial charge in [-0.3, -0.25) is 4.79 Å². The van der Waals surface area contributed by atoms with Gasteiger partial charge in [-0.15, -0.1) is 21.5 Å². The van der Waals surface area contributed by atoms with Crippen molar-refractivity contribution in [1.29, 1.82) is 5.26 Å². The Balaban J connectivity index is 1.30. The number of carbonyl (C=O) groups is 1. The molecule has 6 nitrogen and oxygen atoms in total. The Bertz CT molecular complexity index is 1070. The number of nitrogens with one attached hydrogen (secondary N) is 2. The van der Waals surface area contributed by atoms with Gasteiger partial charge >= 0.3 is 0 Å². The van der Waals surface area contributed by atoms with Crippen LogP contribution in [0.25, 0.3) is 0 Å². The van der Waals surface area contributed by atoms with Crippen LogP contribution in [-0.2, 0) is 24.2 Å². The van der Waals surface area contributed by atoms with E-state index in [0.29, 0.717) is 23.0 Å². The summed E-state index contributed by atoms with van der Waals surface area (Å²) in [4.78, 5) is 13.7. The van der Waals surface area contributed by atoms with Crippen LogP contribution in [0.1, 0.15) is 34.9 Å². The third-order valence-electron chi connectivity index (χ3n) is 4.90. The SMILES string of the molecule is CC1CCc2c(sc(NC(=O)CSc3nnc(NCc4ccccc4)s3)c2C#N)C1. The lowest BCUT2D eigenvalue weighted by Gasteiger charge is -2.17. The Morgan fingerprint density at radius 1 is 1.30 bits per heavy atom. The lowest BCUT2D eigenvalue weighted by molar-refractivity contribution is -0.113. The van der Waals surface area contributed by atoms with Crippen molar-refractivity contribution in [3.63, 3.8) is 0 Å². The van der Waals surface area contributed by atoms with Crippen molar-refractivity contribution < 1.29 is 4.79 Å². The van der Waals surface area contributed by atoms with Crippen molar-refractivity contribution >= 4 is 50.5 Å². The molecule has 1 aliphatic rings. The van der Waals surface area contributed by atoms with E-state index in [2.05, 4.69) is 33.8 Å². The van der Waals surface area contributed by atoms with Gasteiger partial charge < -0.3 is 10.6 Å². The number of carbonyl (C=O) groups excluding carboxylic acids is 1. The second kappa shape index (κ2) is 9.60. The van der Waals surface area contributed by atoms with Crippen molar-refractivity contribution in [2.24, 2.45) is 5.92 Å². The van der Waals surface area contributed by atoms with Crippen LogP contribution in [0.5, 0.6) is 0 Å². The van der Waals surface area contributed by atoms with Crippen molar-refractivity contribution in [1.82, 2.24) is 10.2 Å². The fraction of sp³-hybridized carbons (Fsp3) is 0.333. The molecule has 1 amide bonds. The predicted octanol–water partition coefficient (Wildman–Crippen LogP) is 4.94. The zero-order valence-electron chi connectivity index (χ0n) is 16.5. The first kappa shape index (κ1) is 20.8. The monoisotopic (exact) mass is 455 g/mol. The first-order valence-corrected chi connectivity index (χ1v) is 12.3. The van der Waals surface area contributed by atoms with Gasteiger partial charge in [0, 0.05) is 11.4 Å². The Labute approximate surface area is 187 Å². The van der Waals surface area contributed by atoms with Crippen molar-refractivity contribution in [2.75, 3.05) is 16.4 Å². The smallest absolute Gasteiger partial charge is 0.235 e.